The molecule has 0 aliphatic carbocycles. The van der Waals surface area contributed by atoms with Crippen molar-refractivity contribution in [3.8, 4) is 11.5 Å². The van der Waals surface area contributed by atoms with Gasteiger partial charge in [0.1, 0.15) is 5.60 Å². The normalized spacial score (nSPS) is 11.6. The number of nitrogens with two attached hydrogens (primary N) is 1. The lowest BCUT2D eigenvalue weighted by atomic mass is 10.1. The molecule has 4 N–H and O–H groups in total. The second-order valence-corrected chi connectivity index (χ2v) is 7.89. The van der Waals surface area contributed by atoms with Crippen molar-refractivity contribution in [3.05, 3.63) is 53.6 Å². The Balaban J connectivity index is 1.79. The number of amides is 1. The number of hydrogen-bond acceptors (Lipinski definition) is 5. The molecule has 2 rings (SSSR count). The molecule has 0 atom stereocenters. The van der Waals surface area contributed by atoms with Crippen molar-refractivity contribution in [2.45, 2.75) is 39.3 Å². The Morgan fingerprint density at radius 3 is 2.26 bits per heavy atom. The van der Waals surface area contributed by atoms with Crippen molar-refractivity contribution in [2.75, 3.05) is 26.1 Å². The third-order valence-corrected chi connectivity index (χ3v) is 4.20. The van der Waals surface area contributed by atoms with E-state index in [1.54, 1.807) is 14.2 Å². The van der Waals surface area contributed by atoms with Gasteiger partial charge in [0.15, 0.2) is 17.5 Å². The van der Waals surface area contributed by atoms with Gasteiger partial charge in [-0.3, -0.25) is 5.32 Å². The minimum atomic E-state index is -0.531. The molecule has 8 nitrogen and oxygen atoms in total. The summed E-state index contributed by atoms with van der Waals surface area (Å²) in [5.41, 5.74) is 8.19. The van der Waals surface area contributed by atoms with Crippen LogP contribution in [-0.4, -0.2) is 38.4 Å². The number of methoxy groups -OCH3 is 2. The van der Waals surface area contributed by atoms with Gasteiger partial charge in [-0.2, -0.15) is 0 Å². The Bertz CT molecular complexity index is 889. The summed E-state index contributed by atoms with van der Waals surface area (Å²) in [6.45, 7) is 6.55. The molecule has 1 amide bonds. The summed E-state index contributed by atoms with van der Waals surface area (Å²) in [5, 5.41) is 5.82. The maximum atomic E-state index is 11.8. The number of carbonyl (C=O) groups excluding carboxylic acids is 1. The lowest BCUT2D eigenvalue weighted by Gasteiger charge is -2.19. The van der Waals surface area contributed by atoms with E-state index in [9.17, 15) is 4.79 Å². The Morgan fingerprint density at radius 2 is 1.65 bits per heavy atom. The maximum Gasteiger partial charge on any atom is 0.412 e. The van der Waals surface area contributed by atoms with E-state index in [1.165, 1.54) is 0 Å². The first-order valence-corrected chi connectivity index (χ1v) is 10.0. The zero-order valence-corrected chi connectivity index (χ0v) is 18.8. The van der Waals surface area contributed by atoms with Gasteiger partial charge < -0.3 is 25.3 Å². The molecule has 0 aliphatic heterocycles. The quantitative estimate of drug-likeness (QED) is 0.437. The standard InChI is InChI=1S/C23H32N4O4/c1-23(2,3)31-22(28)27-18-9-6-16(7-10-18)12-13-25-21(24)26-15-17-8-11-19(29-4)20(14-17)30-5/h6-11,14H,12-13,15H2,1-5H3,(H,27,28)(H3,24,25,26). The fourth-order valence-corrected chi connectivity index (χ4v) is 2.72. The van der Waals surface area contributed by atoms with E-state index in [-0.39, 0.29) is 0 Å². The second-order valence-electron chi connectivity index (χ2n) is 7.89. The minimum Gasteiger partial charge on any atom is -0.493 e. The molecule has 0 fully saturated rings. The molecule has 0 saturated carbocycles. The number of ether oxygens (including phenoxy) is 3. The molecule has 8 heteroatoms. The number of nitrogens with one attached hydrogen (secondary N) is 2. The number of rotatable bonds is 8. The Hall–Kier alpha value is -3.42. The van der Waals surface area contributed by atoms with E-state index >= 15 is 0 Å². The summed E-state index contributed by atoms with van der Waals surface area (Å²) in [6.07, 6.45) is 0.291. The molecule has 0 saturated heterocycles. The van der Waals surface area contributed by atoms with Gasteiger partial charge in [-0.15, -0.1) is 0 Å². The van der Waals surface area contributed by atoms with Crippen LogP contribution in [0.4, 0.5) is 10.5 Å². The van der Waals surface area contributed by atoms with Crippen LogP contribution in [0.3, 0.4) is 0 Å². The molecule has 0 unspecified atom stereocenters. The average Bonchev–Trinajstić information content (AvgIpc) is 2.71. The van der Waals surface area contributed by atoms with Gasteiger partial charge >= 0.3 is 6.09 Å². The van der Waals surface area contributed by atoms with E-state index < -0.39 is 11.7 Å². The van der Waals surface area contributed by atoms with Crippen LogP contribution in [0.1, 0.15) is 31.9 Å². The zero-order valence-electron chi connectivity index (χ0n) is 18.8. The van der Waals surface area contributed by atoms with Crippen LogP contribution >= 0.6 is 0 Å². The fourth-order valence-electron chi connectivity index (χ4n) is 2.72. The number of hydrogen-bond donors (Lipinski definition) is 3. The molecule has 168 valence electrons. The van der Waals surface area contributed by atoms with Crippen molar-refractivity contribution in [1.82, 2.24) is 5.32 Å². The Labute approximate surface area is 183 Å². The highest BCUT2D eigenvalue weighted by Crippen LogP contribution is 2.27. The van der Waals surface area contributed by atoms with Crippen molar-refractivity contribution < 1.29 is 19.0 Å². The van der Waals surface area contributed by atoms with Gasteiger partial charge in [0, 0.05) is 12.2 Å². The molecule has 0 aliphatic rings. The summed E-state index contributed by atoms with van der Waals surface area (Å²) < 4.78 is 15.8. The summed E-state index contributed by atoms with van der Waals surface area (Å²) in [7, 11) is 3.20. The number of anilines is 1. The molecule has 2 aromatic rings. The fraction of sp³-hybridized carbons (Fsp3) is 0.391. The van der Waals surface area contributed by atoms with Gasteiger partial charge in [-0.25, -0.2) is 9.79 Å². The highest BCUT2D eigenvalue weighted by atomic mass is 16.6. The van der Waals surface area contributed by atoms with Crippen LogP contribution in [0.25, 0.3) is 0 Å². The minimum absolute atomic E-state index is 0.373. The van der Waals surface area contributed by atoms with Crippen LogP contribution in [0, 0.1) is 0 Å². The van der Waals surface area contributed by atoms with Crippen LogP contribution in [0.15, 0.2) is 47.5 Å². The molecule has 0 aromatic heterocycles. The van der Waals surface area contributed by atoms with Crippen LogP contribution in [0.2, 0.25) is 0 Å². The van der Waals surface area contributed by atoms with Crippen molar-refractivity contribution in [1.29, 1.82) is 0 Å². The van der Waals surface area contributed by atoms with Crippen molar-refractivity contribution >= 4 is 17.7 Å². The lowest BCUT2D eigenvalue weighted by molar-refractivity contribution is 0.0636. The van der Waals surface area contributed by atoms with Gasteiger partial charge in [0.05, 0.1) is 20.8 Å². The predicted molar refractivity (Wildman–Crippen MR) is 123 cm³/mol. The monoisotopic (exact) mass is 428 g/mol. The van der Waals surface area contributed by atoms with E-state index in [1.807, 2.05) is 63.2 Å². The molecule has 2 aromatic carbocycles. The Kier molecular flexibility index (Phi) is 8.54. The lowest BCUT2D eigenvalue weighted by Crippen LogP contribution is -2.33. The number of benzene rings is 2. The first-order valence-electron chi connectivity index (χ1n) is 10.0. The molecular weight excluding hydrogens is 396 g/mol. The third-order valence-electron chi connectivity index (χ3n) is 4.20. The van der Waals surface area contributed by atoms with E-state index in [0.717, 1.165) is 17.5 Å². The molecule has 0 bridgehead atoms. The SMILES string of the molecule is COc1ccc(CN=C(N)NCCc2ccc(NC(=O)OC(C)(C)C)cc2)cc1OC. The Morgan fingerprint density at radius 1 is 1.00 bits per heavy atom. The zero-order chi connectivity index (χ0) is 22.9. The maximum absolute atomic E-state index is 11.8. The van der Waals surface area contributed by atoms with E-state index in [2.05, 4.69) is 15.6 Å². The highest BCUT2D eigenvalue weighted by molar-refractivity contribution is 5.84. The molecule has 0 spiro atoms. The average molecular weight is 429 g/mol. The third kappa shape index (κ3) is 8.46. The molecule has 31 heavy (non-hydrogen) atoms. The first-order chi connectivity index (χ1) is 14.7. The van der Waals surface area contributed by atoms with Gasteiger partial charge in [-0.1, -0.05) is 18.2 Å². The summed E-state index contributed by atoms with van der Waals surface area (Å²) in [6, 6.07) is 13.2. The smallest absolute Gasteiger partial charge is 0.412 e. The first kappa shape index (κ1) is 23.9. The van der Waals surface area contributed by atoms with Gasteiger partial charge in [-0.05, 0) is 62.6 Å². The second kappa shape index (κ2) is 11.1. The number of nitrogens with zero attached hydrogens (tertiary/aromatic N) is 1. The van der Waals surface area contributed by atoms with E-state index in [4.69, 9.17) is 19.9 Å². The van der Waals surface area contributed by atoms with Crippen molar-refractivity contribution in [3.63, 3.8) is 0 Å². The summed E-state index contributed by atoms with van der Waals surface area (Å²) >= 11 is 0. The predicted octanol–water partition coefficient (Wildman–Crippen LogP) is 3.70. The van der Waals surface area contributed by atoms with Gasteiger partial charge in [0.2, 0.25) is 0 Å². The van der Waals surface area contributed by atoms with Crippen LogP contribution in [-0.2, 0) is 17.7 Å². The largest absolute Gasteiger partial charge is 0.493 e. The van der Waals surface area contributed by atoms with Crippen LogP contribution in [0.5, 0.6) is 11.5 Å². The molecular formula is C23H32N4O4. The van der Waals surface area contributed by atoms with Crippen molar-refractivity contribution in [2.24, 2.45) is 10.7 Å². The summed E-state index contributed by atoms with van der Waals surface area (Å²) in [4.78, 5) is 16.2. The van der Waals surface area contributed by atoms with Gasteiger partial charge in [0.25, 0.3) is 0 Å². The number of carbonyl (C=O) groups is 1. The number of guanidine groups is 1. The van der Waals surface area contributed by atoms with Crippen LogP contribution < -0.4 is 25.8 Å². The number of aliphatic imine (C=N–C) groups is 1. The topological polar surface area (TPSA) is 107 Å². The van der Waals surface area contributed by atoms with E-state index in [0.29, 0.717) is 36.2 Å². The molecule has 0 radical (unpaired) electrons. The highest BCUT2D eigenvalue weighted by Gasteiger charge is 2.16. The summed E-state index contributed by atoms with van der Waals surface area (Å²) in [5.74, 6) is 1.71. The molecule has 0 heterocycles.